The maximum Gasteiger partial charge on any atom is 0.138 e. The highest BCUT2D eigenvalue weighted by molar-refractivity contribution is 6.31. The molecule has 126 valence electrons. The van der Waals surface area contributed by atoms with Gasteiger partial charge in [-0.1, -0.05) is 30.3 Å². The molecule has 0 fully saturated rings. The van der Waals surface area contributed by atoms with Crippen LogP contribution in [0.25, 0.3) is 11.6 Å². The second-order valence-corrected chi connectivity index (χ2v) is 6.39. The van der Waals surface area contributed by atoms with E-state index < -0.39 is 0 Å². The normalized spacial score (nSPS) is 14.0. The Hall–Kier alpha value is -3.63. The van der Waals surface area contributed by atoms with Crippen LogP contribution in [0.2, 0.25) is 0 Å². The highest BCUT2D eigenvalue weighted by Gasteiger charge is 2.29. The van der Waals surface area contributed by atoms with Crippen LogP contribution < -0.4 is 4.90 Å². The minimum atomic E-state index is 0.0348. The fraction of sp³-hybridized carbons (Fsp3) is 0.136. The first-order chi connectivity index (χ1) is 12.5. The molecule has 4 nitrogen and oxygen atoms in total. The van der Waals surface area contributed by atoms with Gasteiger partial charge in [-0.15, -0.1) is 0 Å². The molecule has 0 heterocycles. The molecule has 3 rings (SSSR count). The van der Waals surface area contributed by atoms with Crippen LogP contribution in [0.5, 0.6) is 0 Å². The zero-order valence-electron chi connectivity index (χ0n) is 15.0. The molecule has 26 heavy (non-hydrogen) atoms. The number of hydrogen-bond donors (Lipinski definition) is 1. The zero-order valence-corrected chi connectivity index (χ0v) is 15.0. The molecule has 1 aliphatic carbocycles. The van der Waals surface area contributed by atoms with Gasteiger partial charge in [0.05, 0.1) is 5.71 Å². The summed E-state index contributed by atoms with van der Waals surface area (Å²) in [6, 6.07) is 17.5. The van der Waals surface area contributed by atoms with Crippen molar-refractivity contribution in [2.75, 3.05) is 19.0 Å². The molecule has 2 aromatic rings. The van der Waals surface area contributed by atoms with E-state index in [4.69, 9.17) is 5.41 Å². The number of nitrogens with zero attached hydrogens (tertiary/aromatic N) is 3. The number of nitriles is 2. The molecule has 0 atom stereocenters. The summed E-state index contributed by atoms with van der Waals surface area (Å²) in [4.78, 5) is 2.05. The molecule has 2 aromatic carbocycles. The van der Waals surface area contributed by atoms with Gasteiger partial charge in [0.2, 0.25) is 0 Å². The van der Waals surface area contributed by atoms with E-state index in [1.54, 1.807) is 0 Å². The summed E-state index contributed by atoms with van der Waals surface area (Å²) in [5.41, 5.74) is 6.24. The van der Waals surface area contributed by atoms with Gasteiger partial charge in [0, 0.05) is 36.5 Å². The summed E-state index contributed by atoms with van der Waals surface area (Å²) in [6.45, 7) is 2.04. The summed E-state index contributed by atoms with van der Waals surface area (Å²) in [6.07, 6.45) is 1.89. The molecule has 0 saturated carbocycles. The third-order valence-corrected chi connectivity index (χ3v) is 4.49. The Balaban J connectivity index is 2.21. The minimum absolute atomic E-state index is 0.0348. The maximum atomic E-state index is 9.39. The van der Waals surface area contributed by atoms with Gasteiger partial charge < -0.3 is 4.90 Å². The standard InChI is InChI=1S/C22H18N4/c1-14-10-15(8-9-20(14)26(2)3)11-19-21(16(12-23)13-24)17-6-4-5-7-18(17)22(19)25/h4-11,25H,1-3H3/b19-11-,25-22?. The number of hydrogen-bond acceptors (Lipinski definition) is 4. The van der Waals surface area contributed by atoms with Gasteiger partial charge in [-0.2, -0.15) is 10.5 Å². The van der Waals surface area contributed by atoms with Crippen LogP contribution in [0.1, 0.15) is 22.3 Å². The van der Waals surface area contributed by atoms with Crippen LogP contribution >= 0.6 is 0 Å². The first-order valence-corrected chi connectivity index (χ1v) is 8.21. The quantitative estimate of drug-likeness (QED) is 0.828. The van der Waals surface area contributed by atoms with E-state index in [1.807, 2.05) is 75.6 Å². The lowest BCUT2D eigenvalue weighted by molar-refractivity contribution is 1.11. The van der Waals surface area contributed by atoms with Crippen molar-refractivity contribution in [2.24, 2.45) is 0 Å². The third kappa shape index (κ3) is 2.79. The third-order valence-electron chi connectivity index (χ3n) is 4.49. The smallest absolute Gasteiger partial charge is 0.138 e. The van der Waals surface area contributed by atoms with Crippen LogP contribution in [-0.4, -0.2) is 19.8 Å². The molecule has 0 aromatic heterocycles. The van der Waals surface area contributed by atoms with Crippen molar-refractivity contribution in [3.63, 3.8) is 0 Å². The SMILES string of the molecule is Cc1cc(/C=C2\C(=N)c3ccccc3C2=C(C#N)C#N)ccc1N(C)C. The molecule has 0 bridgehead atoms. The van der Waals surface area contributed by atoms with Crippen molar-refractivity contribution >= 4 is 23.0 Å². The lowest BCUT2D eigenvalue weighted by Crippen LogP contribution is -2.10. The summed E-state index contributed by atoms with van der Waals surface area (Å²) < 4.78 is 0. The van der Waals surface area contributed by atoms with E-state index in [0.717, 1.165) is 27.9 Å². The molecule has 1 aliphatic rings. The average Bonchev–Trinajstić information content (AvgIpc) is 2.89. The highest BCUT2D eigenvalue weighted by atomic mass is 15.1. The monoisotopic (exact) mass is 338 g/mol. The Labute approximate surface area is 153 Å². The number of aryl methyl sites for hydroxylation is 1. The highest BCUT2D eigenvalue weighted by Crippen LogP contribution is 2.39. The van der Waals surface area contributed by atoms with Crippen LogP contribution in [0.3, 0.4) is 0 Å². The first-order valence-electron chi connectivity index (χ1n) is 8.21. The number of allylic oxidation sites excluding steroid dienone is 3. The van der Waals surface area contributed by atoms with Gasteiger partial charge in [0.1, 0.15) is 17.7 Å². The Morgan fingerprint density at radius 3 is 2.27 bits per heavy atom. The van der Waals surface area contributed by atoms with Crippen LogP contribution in [0.4, 0.5) is 5.69 Å². The summed E-state index contributed by atoms with van der Waals surface area (Å²) in [5.74, 6) is 0. The fourth-order valence-electron chi connectivity index (χ4n) is 3.32. The average molecular weight is 338 g/mol. The van der Waals surface area contributed by atoms with Crippen molar-refractivity contribution < 1.29 is 0 Å². The fourth-order valence-corrected chi connectivity index (χ4v) is 3.32. The van der Waals surface area contributed by atoms with Crippen molar-refractivity contribution in [1.29, 1.82) is 15.9 Å². The number of benzene rings is 2. The molecule has 0 unspecified atom stereocenters. The summed E-state index contributed by atoms with van der Waals surface area (Å²) >= 11 is 0. The van der Waals surface area contributed by atoms with Crippen LogP contribution in [0.15, 0.2) is 53.6 Å². The minimum Gasteiger partial charge on any atom is -0.377 e. The molecule has 0 amide bonds. The second-order valence-electron chi connectivity index (χ2n) is 6.39. The van der Waals surface area contributed by atoms with Gasteiger partial charge >= 0.3 is 0 Å². The lowest BCUT2D eigenvalue weighted by Gasteiger charge is -2.16. The second kappa shape index (κ2) is 6.70. The Bertz CT molecular complexity index is 1040. The van der Waals surface area contributed by atoms with E-state index in [2.05, 4.69) is 11.0 Å². The van der Waals surface area contributed by atoms with Gasteiger partial charge in [0.15, 0.2) is 0 Å². The van der Waals surface area contributed by atoms with Gasteiger partial charge in [0.25, 0.3) is 0 Å². The van der Waals surface area contributed by atoms with Crippen molar-refractivity contribution in [3.8, 4) is 12.1 Å². The molecular weight excluding hydrogens is 320 g/mol. The van der Waals surface area contributed by atoms with Crippen molar-refractivity contribution in [2.45, 2.75) is 6.92 Å². The van der Waals surface area contributed by atoms with Crippen molar-refractivity contribution in [3.05, 3.63) is 75.9 Å². The van der Waals surface area contributed by atoms with Crippen LogP contribution in [-0.2, 0) is 0 Å². The Kier molecular flexibility index (Phi) is 4.43. The first kappa shape index (κ1) is 17.2. The predicted octanol–water partition coefficient (Wildman–Crippen LogP) is 4.33. The number of anilines is 1. The van der Waals surface area contributed by atoms with E-state index >= 15 is 0 Å². The molecule has 1 N–H and O–H groups in total. The summed E-state index contributed by atoms with van der Waals surface area (Å²) in [7, 11) is 3.99. The number of rotatable bonds is 2. The maximum absolute atomic E-state index is 9.39. The van der Waals surface area contributed by atoms with Gasteiger partial charge in [-0.3, -0.25) is 5.41 Å². The Morgan fingerprint density at radius 1 is 1.04 bits per heavy atom. The molecule has 0 aliphatic heterocycles. The van der Waals surface area contributed by atoms with E-state index in [9.17, 15) is 10.5 Å². The molecule has 0 saturated heterocycles. The summed E-state index contributed by atoms with van der Waals surface area (Å²) in [5, 5.41) is 27.3. The van der Waals surface area contributed by atoms with Gasteiger partial charge in [-0.05, 0) is 41.8 Å². The van der Waals surface area contributed by atoms with Gasteiger partial charge in [-0.25, -0.2) is 0 Å². The molecule has 0 spiro atoms. The van der Waals surface area contributed by atoms with Crippen molar-refractivity contribution in [1.82, 2.24) is 0 Å². The van der Waals surface area contributed by atoms with Crippen LogP contribution in [0, 0.1) is 35.0 Å². The van der Waals surface area contributed by atoms with E-state index in [1.165, 1.54) is 0 Å². The van der Waals surface area contributed by atoms with E-state index in [0.29, 0.717) is 16.9 Å². The number of nitrogens with one attached hydrogen (secondary N) is 1. The Morgan fingerprint density at radius 2 is 1.69 bits per heavy atom. The lowest BCUT2D eigenvalue weighted by atomic mass is 9.97. The molecule has 4 heteroatoms. The van der Waals surface area contributed by atoms with E-state index in [-0.39, 0.29) is 5.57 Å². The zero-order chi connectivity index (χ0) is 18.8. The predicted molar refractivity (Wildman–Crippen MR) is 105 cm³/mol. The topological polar surface area (TPSA) is 74.7 Å². The largest absolute Gasteiger partial charge is 0.377 e. The number of fused-ring (bicyclic) bond motifs is 1. The molecular formula is C22H18N4. The molecule has 0 radical (unpaired) electrons.